The van der Waals surface area contributed by atoms with Gasteiger partial charge in [-0.3, -0.25) is 15.0 Å². The molecular formula is C19H26N6O2S. The second kappa shape index (κ2) is 9.11. The summed E-state index contributed by atoms with van der Waals surface area (Å²) in [6.07, 6.45) is 3.27. The summed E-state index contributed by atoms with van der Waals surface area (Å²) < 4.78 is 0.941. The quantitative estimate of drug-likeness (QED) is 0.195. The van der Waals surface area contributed by atoms with E-state index in [9.17, 15) is 9.59 Å². The van der Waals surface area contributed by atoms with Crippen molar-refractivity contribution in [2.45, 2.75) is 44.2 Å². The first kappa shape index (κ1) is 20.2. The number of carbonyl (C=O) groups is 2. The van der Waals surface area contributed by atoms with Gasteiger partial charge in [-0.15, -0.1) is 11.3 Å². The number of Topliss-reactive ketones (excluding diaryl/α,β-unsaturated/α-hetero) is 1. The van der Waals surface area contributed by atoms with Gasteiger partial charge in [0.25, 0.3) is 0 Å². The van der Waals surface area contributed by atoms with Crippen LogP contribution in [0.5, 0.6) is 0 Å². The Kier molecular flexibility index (Phi) is 6.58. The minimum Gasteiger partial charge on any atom is -0.370 e. The van der Waals surface area contributed by atoms with Crippen molar-refractivity contribution in [3.63, 3.8) is 0 Å². The normalized spacial score (nSPS) is 20.0. The number of guanidine groups is 1. The lowest BCUT2D eigenvalue weighted by molar-refractivity contribution is -0.125. The topological polar surface area (TPSA) is 147 Å². The second-order valence-electron chi connectivity index (χ2n) is 7.16. The number of nitrogens with one attached hydrogen (secondary N) is 3. The first-order chi connectivity index (χ1) is 13.4. The summed E-state index contributed by atoms with van der Waals surface area (Å²) >= 11 is 1.34. The lowest BCUT2D eigenvalue weighted by Crippen LogP contribution is -2.44. The zero-order valence-electron chi connectivity index (χ0n) is 15.6. The number of thiazole rings is 1. The van der Waals surface area contributed by atoms with E-state index in [0.29, 0.717) is 30.8 Å². The minimum absolute atomic E-state index is 0.0499. The predicted octanol–water partition coefficient (Wildman–Crippen LogP) is 1.35. The highest BCUT2D eigenvalue weighted by Crippen LogP contribution is 2.26. The summed E-state index contributed by atoms with van der Waals surface area (Å²) in [4.78, 5) is 30.2. The van der Waals surface area contributed by atoms with Gasteiger partial charge in [-0.25, -0.2) is 4.98 Å². The molecular weight excluding hydrogens is 376 g/mol. The van der Waals surface area contributed by atoms with E-state index >= 15 is 0 Å². The van der Waals surface area contributed by atoms with Crippen LogP contribution >= 0.6 is 11.3 Å². The van der Waals surface area contributed by atoms with Gasteiger partial charge in [0.05, 0.1) is 16.3 Å². The van der Waals surface area contributed by atoms with Gasteiger partial charge in [0, 0.05) is 18.5 Å². The van der Waals surface area contributed by atoms with Gasteiger partial charge in [-0.1, -0.05) is 12.1 Å². The highest BCUT2D eigenvalue weighted by atomic mass is 32.1. The number of para-hydroxylation sites is 1. The molecule has 7 N–H and O–H groups in total. The molecule has 150 valence electrons. The van der Waals surface area contributed by atoms with Crippen molar-refractivity contribution in [3.8, 4) is 0 Å². The van der Waals surface area contributed by atoms with Crippen molar-refractivity contribution in [2.24, 2.45) is 17.4 Å². The van der Waals surface area contributed by atoms with Crippen molar-refractivity contribution >= 4 is 39.2 Å². The Morgan fingerprint density at radius 1 is 1.32 bits per heavy atom. The van der Waals surface area contributed by atoms with Gasteiger partial charge in [-0.2, -0.15) is 0 Å². The van der Waals surface area contributed by atoms with E-state index in [1.807, 2.05) is 24.3 Å². The molecule has 0 radical (unpaired) electrons. The van der Waals surface area contributed by atoms with Crippen LogP contribution in [-0.4, -0.2) is 41.3 Å². The predicted molar refractivity (Wildman–Crippen MR) is 110 cm³/mol. The Hall–Kier alpha value is -2.52. The smallest absolute Gasteiger partial charge is 0.223 e. The third-order valence-corrected chi connectivity index (χ3v) is 6.02. The SMILES string of the molecule is N=C(N)NCCC[C@H](NC(=O)[C@H]1CC[C@@H](N)C1)C(=O)c1nc2ccccc2s1. The number of ketones is 1. The fraction of sp³-hybridized carbons (Fsp3) is 0.474. The van der Waals surface area contributed by atoms with Crippen LogP contribution in [0.2, 0.25) is 0 Å². The maximum Gasteiger partial charge on any atom is 0.223 e. The maximum atomic E-state index is 13.1. The van der Waals surface area contributed by atoms with E-state index in [-0.39, 0.29) is 29.6 Å². The van der Waals surface area contributed by atoms with Crippen LogP contribution in [-0.2, 0) is 4.79 Å². The van der Waals surface area contributed by atoms with Crippen LogP contribution in [0.4, 0.5) is 0 Å². The number of hydrogen-bond acceptors (Lipinski definition) is 6. The van der Waals surface area contributed by atoms with Crippen LogP contribution in [0.1, 0.15) is 41.9 Å². The Bertz CT molecular complexity index is 834. The van der Waals surface area contributed by atoms with E-state index in [1.165, 1.54) is 11.3 Å². The molecule has 0 saturated heterocycles. The minimum atomic E-state index is -0.654. The molecule has 0 bridgehead atoms. The van der Waals surface area contributed by atoms with Crippen molar-refractivity contribution in [3.05, 3.63) is 29.3 Å². The van der Waals surface area contributed by atoms with Gasteiger partial charge in [0.1, 0.15) is 0 Å². The molecule has 0 aliphatic heterocycles. The van der Waals surface area contributed by atoms with Crippen molar-refractivity contribution in [1.29, 1.82) is 5.41 Å². The van der Waals surface area contributed by atoms with Gasteiger partial charge >= 0.3 is 0 Å². The number of aromatic nitrogens is 1. The summed E-state index contributed by atoms with van der Waals surface area (Å²) in [5, 5.41) is 13.3. The van der Waals surface area contributed by atoms with Crippen LogP contribution in [0.15, 0.2) is 24.3 Å². The number of rotatable bonds is 8. The van der Waals surface area contributed by atoms with E-state index < -0.39 is 6.04 Å². The summed E-state index contributed by atoms with van der Waals surface area (Å²) in [6, 6.07) is 6.98. The lowest BCUT2D eigenvalue weighted by Gasteiger charge is -2.19. The van der Waals surface area contributed by atoms with Crippen LogP contribution in [0.25, 0.3) is 10.2 Å². The summed E-state index contributed by atoms with van der Waals surface area (Å²) in [5.41, 5.74) is 12.0. The number of nitrogens with two attached hydrogens (primary N) is 2. The average Bonchev–Trinajstić information content (AvgIpc) is 3.29. The Labute approximate surface area is 167 Å². The molecule has 1 amide bonds. The standard InChI is InChI=1S/C19H26N6O2S/c20-12-8-7-11(10-12)17(27)24-14(5-3-9-23-19(21)22)16(26)18-25-13-4-1-2-6-15(13)28-18/h1-2,4,6,11-12,14H,3,5,7-10,20H2,(H,24,27)(H4,21,22,23)/t11-,12+,14-/m0/s1. The molecule has 28 heavy (non-hydrogen) atoms. The number of hydrogen-bond donors (Lipinski definition) is 5. The van der Waals surface area contributed by atoms with E-state index in [0.717, 1.165) is 23.1 Å². The van der Waals surface area contributed by atoms with Gasteiger partial charge in [0.2, 0.25) is 11.7 Å². The average molecular weight is 403 g/mol. The molecule has 1 saturated carbocycles. The van der Waals surface area contributed by atoms with Crippen LogP contribution < -0.4 is 22.1 Å². The summed E-state index contributed by atoms with van der Waals surface area (Å²) in [7, 11) is 0. The zero-order valence-corrected chi connectivity index (χ0v) is 16.4. The van der Waals surface area contributed by atoms with E-state index in [4.69, 9.17) is 16.9 Å². The van der Waals surface area contributed by atoms with E-state index in [2.05, 4.69) is 15.6 Å². The number of fused-ring (bicyclic) bond motifs is 1. The third-order valence-electron chi connectivity index (χ3n) is 4.97. The molecule has 1 aromatic heterocycles. The molecule has 9 heteroatoms. The molecule has 1 aliphatic rings. The number of nitrogens with zero attached hydrogens (tertiary/aromatic N) is 1. The Balaban J connectivity index is 1.71. The fourth-order valence-corrected chi connectivity index (χ4v) is 4.43. The molecule has 0 unspecified atom stereocenters. The van der Waals surface area contributed by atoms with Crippen molar-refractivity contribution in [1.82, 2.24) is 15.6 Å². The lowest BCUT2D eigenvalue weighted by atomic mass is 10.0. The summed E-state index contributed by atoms with van der Waals surface area (Å²) in [6.45, 7) is 0.461. The number of carbonyl (C=O) groups excluding carboxylic acids is 2. The number of amides is 1. The highest BCUT2D eigenvalue weighted by molar-refractivity contribution is 7.20. The van der Waals surface area contributed by atoms with Crippen LogP contribution in [0, 0.1) is 11.3 Å². The fourth-order valence-electron chi connectivity index (χ4n) is 3.47. The molecule has 3 atom stereocenters. The van der Waals surface area contributed by atoms with E-state index in [1.54, 1.807) is 0 Å². The largest absolute Gasteiger partial charge is 0.370 e. The molecule has 8 nitrogen and oxygen atoms in total. The Morgan fingerprint density at radius 3 is 2.79 bits per heavy atom. The van der Waals surface area contributed by atoms with Gasteiger partial charge in [0.15, 0.2) is 11.0 Å². The van der Waals surface area contributed by atoms with Gasteiger partial charge < -0.3 is 22.1 Å². The molecule has 1 heterocycles. The Morgan fingerprint density at radius 2 is 2.11 bits per heavy atom. The molecule has 0 spiro atoms. The molecule has 1 aliphatic carbocycles. The molecule has 3 rings (SSSR count). The van der Waals surface area contributed by atoms with Gasteiger partial charge in [-0.05, 0) is 44.2 Å². The molecule has 1 aromatic carbocycles. The second-order valence-corrected chi connectivity index (χ2v) is 8.20. The summed E-state index contributed by atoms with van der Waals surface area (Å²) in [5.74, 6) is -0.555. The molecule has 2 aromatic rings. The van der Waals surface area contributed by atoms with Crippen LogP contribution in [0.3, 0.4) is 0 Å². The van der Waals surface area contributed by atoms with Crippen molar-refractivity contribution in [2.75, 3.05) is 6.54 Å². The van der Waals surface area contributed by atoms with Crippen molar-refractivity contribution < 1.29 is 9.59 Å². The first-order valence-electron chi connectivity index (χ1n) is 9.47. The monoisotopic (exact) mass is 402 g/mol. The maximum absolute atomic E-state index is 13.1. The molecule has 1 fully saturated rings. The highest BCUT2D eigenvalue weighted by Gasteiger charge is 2.31. The number of benzene rings is 1. The third kappa shape index (κ3) is 5.05. The first-order valence-corrected chi connectivity index (χ1v) is 10.3. The zero-order chi connectivity index (χ0) is 20.1.